The van der Waals surface area contributed by atoms with Gasteiger partial charge in [-0.05, 0) is 23.3 Å². The lowest BCUT2D eigenvalue weighted by molar-refractivity contribution is -0.375. The van der Waals surface area contributed by atoms with Gasteiger partial charge in [-0.25, -0.2) is 0 Å². The molecule has 23 heavy (non-hydrogen) atoms. The first-order chi connectivity index (χ1) is 10.5. The number of halogens is 6. The van der Waals surface area contributed by atoms with E-state index in [1.54, 1.807) is 6.92 Å². The quantitative estimate of drug-likeness (QED) is 0.682. The monoisotopic (exact) mass is 338 g/mol. The highest BCUT2D eigenvalue weighted by Gasteiger charge is 2.71. The molecule has 0 saturated carbocycles. The third-order valence-corrected chi connectivity index (χ3v) is 3.35. The summed E-state index contributed by atoms with van der Waals surface area (Å²) in [6.07, 6.45) is -11.8. The van der Waals surface area contributed by atoms with Crippen LogP contribution in [0.25, 0.3) is 10.8 Å². The Kier molecular flexibility index (Phi) is 5.36. The Morgan fingerprint density at radius 2 is 1.17 bits per heavy atom. The molecule has 0 amide bonds. The zero-order valence-corrected chi connectivity index (χ0v) is 12.7. The molecule has 2 aromatic rings. The van der Waals surface area contributed by atoms with E-state index in [2.05, 4.69) is 0 Å². The molecule has 0 unspecified atom stereocenters. The van der Waals surface area contributed by atoms with Crippen LogP contribution in [-0.4, -0.2) is 17.5 Å². The van der Waals surface area contributed by atoms with Crippen molar-refractivity contribution in [3.8, 4) is 0 Å². The number of hydrogen-bond donors (Lipinski definition) is 1. The molecule has 1 nitrogen and oxygen atoms in total. The minimum Gasteiger partial charge on any atom is -0.369 e. The maximum Gasteiger partial charge on any atom is 0.430 e. The lowest BCUT2D eigenvalue weighted by Crippen LogP contribution is -2.54. The second kappa shape index (κ2) is 6.39. The minimum atomic E-state index is -5.89. The first-order valence-corrected chi connectivity index (χ1v) is 6.85. The van der Waals surface area contributed by atoms with Crippen molar-refractivity contribution < 1.29 is 31.4 Å². The van der Waals surface area contributed by atoms with Gasteiger partial charge < -0.3 is 5.11 Å². The number of alkyl halides is 6. The molecular formula is C16H16F6O. The standard InChI is InChI=1S/C14H10F6O.C2H6/c1-8-6-7-11(10-5-3-2-4-9(8)10)12(21,13(15,16)17)14(18,19)20;1-2/h2-7,21H,1H3;1-2H3. The van der Waals surface area contributed by atoms with Crippen molar-refractivity contribution in [3.05, 3.63) is 47.5 Å². The summed E-state index contributed by atoms with van der Waals surface area (Å²) < 4.78 is 77.7. The molecule has 0 bridgehead atoms. The largest absolute Gasteiger partial charge is 0.430 e. The molecule has 0 heterocycles. The van der Waals surface area contributed by atoms with Crippen molar-refractivity contribution in [1.29, 1.82) is 0 Å². The third-order valence-electron chi connectivity index (χ3n) is 3.35. The predicted molar refractivity (Wildman–Crippen MR) is 76.0 cm³/mol. The van der Waals surface area contributed by atoms with E-state index in [4.69, 9.17) is 0 Å². The van der Waals surface area contributed by atoms with Crippen molar-refractivity contribution >= 4 is 10.8 Å². The molecule has 0 aromatic heterocycles. The third kappa shape index (κ3) is 3.15. The first kappa shape index (κ1) is 19.3. The molecule has 0 saturated heterocycles. The molecule has 0 aliphatic rings. The van der Waals surface area contributed by atoms with Crippen LogP contribution >= 0.6 is 0 Å². The van der Waals surface area contributed by atoms with Gasteiger partial charge in [-0.15, -0.1) is 0 Å². The van der Waals surface area contributed by atoms with Gasteiger partial charge in [0.25, 0.3) is 5.60 Å². The highest BCUT2D eigenvalue weighted by molar-refractivity contribution is 5.89. The lowest BCUT2D eigenvalue weighted by atomic mass is 9.87. The van der Waals surface area contributed by atoms with Gasteiger partial charge in [0.05, 0.1) is 0 Å². The van der Waals surface area contributed by atoms with Crippen LogP contribution in [0.15, 0.2) is 36.4 Å². The van der Waals surface area contributed by atoms with Crippen LogP contribution in [0.3, 0.4) is 0 Å². The van der Waals surface area contributed by atoms with Gasteiger partial charge in [0.1, 0.15) is 0 Å². The van der Waals surface area contributed by atoms with Gasteiger partial charge in [-0.2, -0.15) is 26.3 Å². The zero-order chi connectivity index (χ0) is 18.1. The van der Waals surface area contributed by atoms with E-state index < -0.39 is 23.5 Å². The van der Waals surface area contributed by atoms with Gasteiger partial charge in [0.2, 0.25) is 0 Å². The first-order valence-electron chi connectivity index (χ1n) is 6.85. The number of benzene rings is 2. The smallest absolute Gasteiger partial charge is 0.369 e. The second-order valence-corrected chi connectivity index (χ2v) is 4.68. The summed E-state index contributed by atoms with van der Waals surface area (Å²) in [6.45, 7) is 5.56. The fourth-order valence-electron chi connectivity index (χ4n) is 2.23. The maximum absolute atomic E-state index is 12.9. The van der Waals surface area contributed by atoms with E-state index in [0.717, 1.165) is 12.1 Å². The fraction of sp³-hybridized carbons (Fsp3) is 0.375. The summed E-state index contributed by atoms with van der Waals surface area (Å²) in [7, 11) is 0. The number of fused-ring (bicyclic) bond motifs is 1. The molecule has 0 fully saturated rings. The van der Waals surface area contributed by atoms with Crippen LogP contribution in [0.5, 0.6) is 0 Å². The Balaban J connectivity index is 0.00000127. The van der Waals surface area contributed by atoms with Gasteiger partial charge in [0, 0.05) is 5.56 Å². The van der Waals surface area contributed by atoms with E-state index in [1.165, 1.54) is 18.2 Å². The van der Waals surface area contributed by atoms with Crippen LogP contribution in [0, 0.1) is 6.92 Å². The van der Waals surface area contributed by atoms with E-state index in [-0.39, 0.29) is 10.8 Å². The average molecular weight is 338 g/mol. The number of aliphatic hydroxyl groups is 1. The SMILES string of the molecule is CC.Cc1ccc(C(O)(C(F)(F)F)C(F)(F)F)c2ccccc12. The van der Waals surface area contributed by atoms with Crippen molar-refractivity contribution in [2.75, 3.05) is 0 Å². The maximum atomic E-state index is 12.9. The summed E-state index contributed by atoms with van der Waals surface area (Å²) in [6, 6.07) is 7.14. The van der Waals surface area contributed by atoms with Crippen molar-refractivity contribution in [3.63, 3.8) is 0 Å². The van der Waals surface area contributed by atoms with Crippen LogP contribution < -0.4 is 0 Å². The number of hydrogen-bond acceptors (Lipinski definition) is 1. The summed E-state index contributed by atoms with van der Waals surface area (Å²) >= 11 is 0. The van der Waals surface area contributed by atoms with Crippen LogP contribution in [0.2, 0.25) is 0 Å². The Bertz CT molecular complexity index is 658. The molecule has 0 aliphatic carbocycles. The topological polar surface area (TPSA) is 20.2 Å². The Hall–Kier alpha value is -1.76. The summed E-state index contributed by atoms with van der Waals surface area (Å²) in [5.41, 5.74) is -5.61. The molecule has 2 aromatic carbocycles. The van der Waals surface area contributed by atoms with Crippen LogP contribution in [0.1, 0.15) is 25.0 Å². The highest BCUT2D eigenvalue weighted by atomic mass is 19.4. The molecule has 128 valence electrons. The van der Waals surface area contributed by atoms with E-state index in [9.17, 15) is 31.4 Å². The van der Waals surface area contributed by atoms with E-state index in [1.807, 2.05) is 13.8 Å². The van der Waals surface area contributed by atoms with Gasteiger partial charge in [-0.1, -0.05) is 50.2 Å². The summed E-state index contributed by atoms with van der Waals surface area (Å²) in [5, 5.41) is 9.44. The van der Waals surface area contributed by atoms with E-state index in [0.29, 0.717) is 11.6 Å². The summed E-state index contributed by atoms with van der Waals surface area (Å²) in [4.78, 5) is 0. The van der Waals surface area contributed by atoms with Crippen LogP contribution in [-0.2, 0) is 5.60 Å². The molecule has 0 spiro atoms. The van der Waals surface area contributed by atoms with Crippen molar-refractivity contribution in [2.24, 2.45) is 0 Å². The molecule has 1 N–H and O–H groups in total. The molecule has 2 rings (SSSR count). The van der Waals surface area contributed by atoms with Crippen molar-refractivity contribution in [1.82, 2.24) is 0 Å². The average Bonchev–Trinajstić information content (AvgIpc) is 2.47. The fourth-order valence-corrected chi connectivity index (χ4v) is 2.23. The predicted octanol–water partition coefficient (Wildman–Crippen LogP) is 5.49. The number of rotatable bonds is 1. The minimum absolute atomic E-state index is 0.224. The Morgan fingerprint density at radius 3 is 1.61 bits per heavy atom. The molecule has 0 aliphatic heterocycles. The zero-order valence-electron chi connectivity index (χ0n) is 12.7. The normalized spacial score (nSPS) is 12.8. The van der Waals surface area contributed by atoms with Gasteiger partial charge in [-0.3, -0.25) is 0 Å². The van der Waals surface area contributed by atoms with Gasteiger partial charge in [0.15, 0.2) is 0 Å². The van der Waals surface area contributed by atoms with Crippen LogP contribution in [0.4, 0.5) is 26.3 Å². The Labute approximate surface area is 129 Å². The summed E-state index contributed by atoms with van der Waals surface area (Å²) in [5.74, 6) is 0. The van der Waals surface area contributed by atoms with E-state index >= 15 is 0 Å². The number of aryl methyl sites for hydroxylation is 1. The highest BCUT2D eigenvalue weighted by Crippen LogP contribution is 2.51. The second-order valence-electron chi connectivity index (χ2n) is 4.68. The lowest BCUT2D eigenvalue weighted by Gasteiger charge is -2.33. The molecule has 7 heteroatoms. The van der Waals surface area contributed by atoms with Crippen molar-refractivity contribution in [2.45, 2.75) is 38.7 Å². The molecule has 0 radical (unpaired) electrons. The molecular weight excluding hydrogens is 322 g/mol. The Morgan fingerprint density at radius 1 is 0.739 bits per heavy atom. The molecule has 0 atom stereocenters. The van der Waals surface area contributed by atoms with Gasteiger partial charge >= 0.3 is 12.4 Å².